The first-order chi connectivity index (χ1) is 15.6. The minimum Gasteiger partial charge on any atom is -0.492 e. The average Bonchev–Trinajstić information content (AvgIpc) is 3.16. The standard InChI is InChI=1S/C25H31N5O2/c1-20-8-10-22(11-9-20)30-24(18-21(2)27-30)26-25(31)19-29-14-12-28(13-15-29)16-17-32-23-6-4-3-5-7-23/h3-11,18H,12-17,19H2,1-2H3,(H,26,31). The van der Waals surface area contributed by atoms with E-state index in [4.69, 9.17) is 4.74 Å². The van der Waals surface area contributed by atoms with Gasteiger partial charge in [-0.25, -0.2) is 4.68 Å². The van der Waals surface area contributed by atoms with E-state index < -0.39 is 0 Å². The van der Waals surface area contributed by atoms with Crippen LogP contribution in [0.25, 0.3) is 5.69 Å². The Morgan fingerprint density at radius 2 is 1.66 bits per heavy atom. The van der Waals surface area contributed by atoms with Crippen molar-refractivity contribution in [3.63, 3.8) is 0 Å². The fourth-order valence-electron chi connectivity index (χ4n) is 3.84. The number of hydrogen-bond acceptors (Lipinski definition) is 5. The third-order valence-corrected chi connectivity index (χ3v) is 5.63. The van der Waals surface area contributed by atoms with Crippen molar-refractivity contribution in [2.75, 3.05) is 51.2 Å². The van der Waals surface area contributed by atoms with Crippen LogP contribution < -0.4 is 10.1 Å². The Kier molecular flexibility index (Phi) is 7.19. The van der Waals surface area contributed by atoms with Crippen molar-refractivity contribution in [2.45, 2.75) is 13.8 Å². The molecule has 4 rings (SSSR count). The molecule has 32 heavy (non-hydrogen) atoms. The third-order valence-electron chi connectivity index (χ3n) is 5.63. The predicted octanol–water partition coefficient (Wildman–Crippen LogP) is 3.12. The first-order valence-electron chi connectivity index (χ1n) is 11.1. The molecule has 1 N–H and O–H groups in total. The van der Waals surface area contributed by atoms with E-state index in [0.717, 1.165) is 49.9 Å². The number of piperazine rings is 1. The molecule has 0 aliphatic carbocycles. The molecule has 3 aromatic rings. The molecule has 0 atom stereocenters. The van der Waals surface area contributed by atoms with Crippen molar-refractivity contribution in [3.8, 4) is 11.4 Å². The first kappa shape index (κ1) is 22.0. The number of hydrogen-bond donors (Lipinski definition) is 1. The van der Waals surface area contributed by atoms with Crippen LogP contribution in [-0.4, -0.2) is 71.4 Å². The lowest BCUT2D eigenvalue weighted by atomic mass is 10.2. The smallest absolute Gasteiger partial charge is 0.239 e. The molecule has 7 heteroatoms. The number of aromatic nitrogens is 2. The summed E-state index contributed by atoms with van der Waals surface area (Å²) in [5, 5.41) is 7.58. The molecule has 0 radical (unpaired) electrons. The maximum atomic E-state index is 12.7. The third kappa shape index (κ3) is 5.96. The van der Waals surface area contributed by atoms with E-state index in [0.29, 0.717) is 19.0 Å². The number of ether oxygens (including phenoxy) is 1. The van der Waals surface area contributed by atoms with E-state index in [1.165, 1.54) is 5.56 Å². The van der Waals surface area contributed by atoms with Gasteiger partial charge in [0.05, 0.1) is 17.9 Å². The summed E-state index contributed by atoms with van der Waals surface area (Å²) in [6.45, 7) is 9.54. The highest BCUT2D eigenvalue weighted by Gasteiger charge is 2.20. The van der Waals surface area contributed by atoms with Gasteiger partial charge in [-0.2, -0.15) is 5.10 Å². The Bertz CT molecular complexity index is 1010. The number of nitrogens with one attached hydrogen (secondary N) is 1. The van der Waals surface area contributed by atoms with Crippen LogP contribution in [0, 0.1) is 13.8 Å². The zero-order valence-corrected chi connectivity index (χ0v) is 18.8. The van der Waals surface area contributed by atoms with Gasteiger partial charge in [-0.05, 0) is 38.1 Å². The Morgan fingerprint density at radius 3 is 2.38 bits per heavy atom. The topological polar surface area (TPSA) is 62.6 Å². The molecule has 0 saturated carbocycles. The Morgan fingerprint density at radius 1 is 0.969 bits per heavy atom. The lowest BCUT2D eigenvalue weighted by Crippen LogP contribution is -2.49. The number of para-hydroxylation sites is 1. The van der Waals surface area contributed by atoms with E-state index in [-0.39, 0.29) is 5.91 Å². The van der Waals surface area contributed by atoms with Crippen LogP contribution in [0.4, 0.5) is 5.82 Å². The summed E-state index contributed by atoms with van der Waals surface area (Å²) in [4.78, 5) is 17.3. The lowest BCUT2D eigenvalue weighted by Gasteiger charge is -2.34. The molecule has 168 valence electrons. The molecule has 1 amide bonds. The minimum atomic E-state index is -0.0147. The van der Waals surface area contributed by atoms with Crippen molar-refractivity contribution >= 4 is 11.7 Å². The number of rotatable bonds is 8. The summed E-state index contributed by atoms with van der Waals surface area (Å²) < 4.78 is 7.58. The monoisotopic (exact) mass is 433 g/mol. The van der Waals surface area contributed by atoms with Crippen molar-refractivity contribution in [2.24, 2.45) is 0 Å². The zero-order chi connectivity index (χ0) is 22.3. The van der Waals surface area contributed by atoms with Gasteiger partial charge in [-0.3, -0.25) is 14.6 Å². The van der Waals surface area contributed by atoms with Gasteiger partial charge in [0, 0.05) is 38.8 Å². The fraction of sp³-hybridized carbons (Fsp3) is 0.360. The van der Waals surface area contributed by atoms with Crippen LogP contribution in [0.3, 0.4) is 0 Å². The van der Waals surface area contributed by atoms with Gasteiger partial charge < -0.3 is 10.1 Å². The van der Waals surface area contributed by atoms with Crippen molar-refractivity contribution in [1.82, 2.24) is 19.6 Å². The highest BCUT2D eigenvalue weighted by atomic mass is 16.5. The molecule has 1 aliphatic rings. The number of amides is 1. The Hall–Kier alpha value is -3.16. The molecular formula is C25H31N5O2. The maximum Gasteiger partial charge on any atom is 0.239 e. The van der Waals surface area contributed by atoms with Gasteiger partial charge in [0.15, 0.2) is 0 Å². The summed E-state index contributed by atoms with van der Waals surface area (Å²) in [5.41, 5.74) is 2.99. The van der Waals surface area contributed by atoms with E-state index in [2.05, 4.69) is 27.1 Å². The summed E-state index contributed by atoms with van der Waals surface area (Å²) in [5.74, 6) is 1.59. The van der Waals surface area contributed by atoms with E-state index in [1.54, 1.807) is 4.68 Å². The van der Waals surface area contributed by atoms with Crippen LogP contribution in [0.15, 0.2) is 60.7 Å². The number of nitrogens with zero attached hydrogens (tertiary/aromatic N) is 4. The van der Waals surface area contributed by atoms with Gasteiger partial charge in [0.25, 0.3) is 0 Å². The van der Waals surface area contributed by atoms with Gasteiger partial charge in [-0.1, -0.05) is 35.9 Å². The molecular weight excluding hydrogens is 402 g/mol. The lowest BCUT2D eigenvalue weighted by molar-refractivity contribution is -0.117. The van der Waals surface area contributed by atoms with Gasteiger partial charge in [0.2, 0.25) is 5.91 Å². The molecule has 0 spiro atoms. The molecule has 0 bridgehead atoms. The van der Waals surface area contributed by atoms with Crippen LogP contribution in [0.5, 0.6) is 5.75 Å². The number of carbonyl (C=O) groups is 1. The highest BCUT2D eigenvalue weighted by Crippen LogP contribution is 2.18. The normalized spacial score (nSPS) is 14.9. The van der Waals surface area contributed by atoms with Gasteiger partial charge in [0.1, 0.15) is 18.2 Å². The van der Waals surface area contributed by atoms with E-state index in [9.17, 15) is 4.79 Å². The van der Waals surface area contributed by atoms with Crippen molar-refractivity contribution in [3.05, 3.63) is 71.9 Å². The van der Waals surface area contributed by atoms with Gasteiger partial charge >= 0.3 is 0 Å². The number of anilines is 1. The molecule has 1 saturated heterocycles. The van der Waals surface area contributed by atoms with Crippen molar-refractivity contribution < 1.29 is 9.53 Å². The fourth-order valence-corrected chi connectivity index (χ4v) is 3.84. The average molecular weight is 434 g/mol. The molecule has 1 aromatic heterocycles. The van der Waals surface area contributed by atoms with Crippen LogP contribution in [0.1, 0.15) is 11.3 Å². The maximum absolute atomic E-state index is 12.7. The first-order valence-corrected chi connectivity index (χ1v) is 11.1. The molecule has 2 heterocycles. The predicted molar refractivity (Wildman–Crippen MR) is 126 cm³/mol. The SMILES string of the molecule is Cc1ccc(-n2nc(C)cc2NC(=O)CN2CCN(CCOc3ccccc3)CC2)cc1. The number of benzene rings is 2. The van der Waals surface area contributed by atoms with E-state index >= 15 is 0 Å². The minimum absolute atomic E-state index is 0.0147. The molecule has 1 fully saturated rings. The molecule has 0 unspecified atom stereocenters. The van der Waals surface area contributed by atoms with E-state index in [1.807, 2.05) is 67.6 Å². The summed E-state index contributed by atoms with van der Waals surface area (Å²) in [6, 6.07) is 19.9. The largest absolute Gasteiger partial charge is 0.492 e. The molecule has 1 aliphatic heterocycles. The summed E-state index contributed by atoms with van der Waals surface area (Å²) >= 11 is 0. The van der Waals surface area contributed by atoms with Crippen LogP contribution in [0.2, 0.25) is 0 Å². The number of aryl methyl sites for hydroxylation is 2. The van der Waals surface area contributed by atoms with Crippen molar-refractivity contribution in [1.29, 1.82) is 0 Å². The van der Waals surface area contributed by atoms with Gasteiger partial charge in [-0.15, -0.1) is 0 Å². The highest BCUT2D eigenvalue weighted by molar-refractivity contribution is 5.91. The Balaban J connectivity index is 1.23. The quantitative estimate of drug-likeness (QED) is 0.591. The molecule has 7 nitrogen and oxygen atoms in total. The zero-order valence-electron chi connectivity index (χ0n) is 18.8. The van der Waals surface area contributed by atoms with Crippen LogP contribution >= 0.6 is 0 Å². The van der Waals surface area contributed by atoms with Crippen LogP contribution in [-0.2, 0) is 4.79 Å². The summed E-state index contributed by atoms with van der Waals surface area (Å²) in [7, 11) is 0. The Labute approximate surface area is 189 Å². The number of carbonyl (C=O) groups excluding carboxylic acids is 1. The molecule has 2 aromatic carbocycles. The second-order valence-corrected chi connectivity index (χ2v) is 8.25. The second kappa shape index (κ2) is 10.4. The summed E-state index contributed by atoms with van der Waals surface area (Å²) in [6.07, 6.45) is 0. The second-order valence-electron chi connectivity index (χ2n) is 8.25.